The number of nitrogens with zero attached hydrogens (tertiary/aromatic N) is 5. The van der Waals surface area contributed by atoms with E-state index in [1.54, 1.807) is 44.6 Å². The lowest BCUT2D eigenvalue weighted by molar-refractivity contribution is 0.240. The van der Waals surface area contributed by atoms with Crippen molar-refractivity contribution in [3.05, 3.63) is 60.6 Å². The minimum absolute atomic E-state index is 0.0911. The lowest BCUT2D eigenvalue weighted by Crippen LogP contribution is -2.46. The summed E-state index contributed by atoms with van der Waals surface area (Å²) in [6.07, 6.45) is 5.88. The highest BCUT2D eigenvalue weighted by Crippen LogP contribution is 2.32. The Morgan fingerprint density at radius 1 is 1.11 bits per heavy atom. The van der Waals surface area contributed by atoms with Gasteiger partial charge in [0, 0.05) is 37.5 Å². The van der Waals surface area contributed by atoms with Gasteiger partial charge in [-0.1, -0.05) is 6.92 Å². The van der Waals surface area contributed by atoms with Gasteiger partial charge in [-0.3, -0.25) is 4.98 Å². The molecule has 1 fully saturated rings. The lowest BCUT2D eigenvalue weighted by Gasteiger charge is -2.37. The number of halogens is 2. The maximum atomic E-state index is 14.9. The van der Waals surface area contributed by atoms with Crippen molar-refractivity contribution in [3.8, 4) is 17.0 Å². The van der Waals surface area contributed by atoms with Gasteiger partial charge >= 0.3 is 0 Å². The molecular formula is C26H29F2N7O. The van der Waals surface area contributed by atoms with Gasteiger partial charge in [-0.05, 0) is 44.4 Å². The summed E-state index contributed by atoms with van der Waals surface area (Å²) in [6.45, 7) is 7.39. The molecule has 0 amide bonds. The molecule has 5 rings (SSSR count). The minimum atomic E-state index is -0.753. The van der Waals surface area contributed by atoms with Gasteiger partial charge in [0.25, 0.3) is 0 Å². The Kier molecular flexibility index (Phi) is 6.44. The number of rotatable bonds is 6. The molecular weight excluding hydrogens is 464 g/mol. The van der Waals surface area contributed by atoms with Gasteiger partial charge in [0.1, 0.15) is 17.4 Å². The molecule has 1 saturated heterocycles. The third kappa shape index (κ3) is 4.81. The lowest BCUT2D eigenvalue weighted by atomic mass is 9.96. The van der Waals surface area contributed by atoms with Gasteiger partial charge in [0.2, 0.25) is 5.95 Å². The van der Waals surface area contributed by atoms with E-state index in [4.69, 9.17) is 10.5 Å². The third-order valence-corrected chi connectivity index (χ3v) is 6.10. The molecule has 1 aromatic carbocycles. The zero-order valence-corrected chi connectivity index (χ0v) is 20.4. The number of nitrogens with one attached hydrogen (secondary N) is 1. The number of aromatic nitrogens is 4. The minimum Gasteiger partial charge on any atom is -0.491 e. The van der Waals surface area contributed by atoms with E-state index in [1.807, 2.05) is 6.07 Å². The van der Waals surface area contributed by atoms with Crippen LogP contribution in [0.1, 0.15) is 27.2 Å². The standard InChI is InChI=1S/C26H29F2N7O/c1-15(2)36-19-9-20(27)25(21(28)10-19)22-5-4-18-11-31-26(35(18)33-22)32-23-12-30-7-6-24(23)34-13-16(3)8-17(29)14-34/h4-7,9-12,15-17H,8,13-14,29H2,1-3H3,(H,31,32). The van der Waals surface area contributed by atoms with Crippen LogP contribution in [0.15, 0.2) is 48.9 Å². The average Bonchev–Trinajstić information content (AvgIpc) is 3.20. The van der Waals surface area contributed by atoms with E-state index in [9.17, 15) is 8.78 Å². The Labute approximate surface area is 208 Å². The molecule has 1 aliphatic rings. The number of anilines is 3. The fraction of sp³-hybridized carbons (Fsp3) is 0.346. The first-order chi connectivity index (χ1) is 17.3. The molecule has 0 bridgehead atoms. The van der Waals surface area contributed by atoms with Gasteiger partial charge in [0.15, 0.2) is 0 Å². The van der Waals surface area contributed by atoms with E-state index >= 15 is 0 Å². The summed E-state index contributed by atoms with van der Waals surface area (Å²) in [5.74, 6) is -0.510. The molecule has 0 spiro atoms. The van der Waals surface area contributed by atoms with E-state index < -0.39 is 11.6 Å². The van der Waals surface area contributed by atoms with Crippen LogP contribution in [0.5, 0.6) is 5.75 Å². The van der Waals surface area contributed by atoms with Crippen LogP contribution < -0.4 is 20.7 Å². The number of hydrogen-bond donors (Lipinski definition) is 2. The molecule has 4 aromatic rings. The fourth-order valence-electron chi connectivity index (χ4n) is 4.71. The van der Waals surface area contributed by atoms with E-state index in [0.717, 1.165) is 30.9 Å². The molecule has 3 N–H and O–H groups in total. The average molecular weight is 494 g/mol. The number of fused-ring (bicyclic) bond motifs is 1. The van der Waals surface area contributed by atoms with Gasteiger partial charge in [-0.15, -0.1) is 0 Å². The molecule has 2 atom stereocenters. The molecule has 8 nitrogen and oxygen atoms in total. The number of hydrogen-bond acceptors (Lipinski definition) is 7. The summed E-state index contributed by atoms with van der Waals surface area (Å²) in [5, 5.41) is 7.79. The van der Waals surface area contributed by atoms with Crippen LogP contribution in [0.25, 0.3) is 16.8 Å². The van der Waals surface area contributed by atoms with Crippen LogP contribution in [-0.4, -0.2) is 44.8 Å². The van der Waals surface area contributed by atoms with Crippen molar-refractivity contribution in [3.63, 3.8) is 0 Å². The Hall–Kier alpha value is -3.79. The molecule has 10 heteroatoms. The second-order valence-corrected chi connectivity index (χ2v) is 9.59. The molecule has 0 saturated carbocycles. The summed E-state index contributed by atoms with van der Waals surface area (Å²) in [5.41, 5.74) is 8.54. The predicted molar refractivity (Wildman–Crippen MR) is 136 cm³/mol. The Morgan fingerprint density at radius 3 is 2.61 bits per heavy atom. The molecule has 4 heterocycles. The maximum absolute atomic E-state index is 14.9. The monoisotopic (exact) mass is 493 g/mol. The fourth-order valence-corrected chi connectivity index (χ4v) is 4.71. The van der Waals surface area contributed by atoms with Crippen molar-refractivity contribution >= 4 is 22.8 Å². The number of piperidine rings is 1. The van der Waals surface area contributed by atoms with Gasteiger partial charge in [-0.2, -0.15) is 9.61 Å². The van der Waals surface area contributed by atoms with Crippen LogP contribution >= 0.6 is 0 Å². The molecule has 36 heavy (non-hydrogen) atoms. The smallest absolute Gasteiger partial charge is 0.229 e. The molecule has 188 valence electrons. The van der Waals surface area contributed by atoms with Crippen molar-refractivity contribution in [1.82, 2.24) is 19.6 Å². The van der Waals surface area contributed by atoms with Gasteiger partial charge in [-0.25, -0.2) is 13.8 Å². The van der Waals surface area contributed by atoms with E-state index in [2.05, 4.69) is 32.2 Å². The molecule has 3 aromatic heterocycles. The Morgan fingerprint density at radius 2 is 1.89 bits per heavy atom. The van der Waals surface area contributed by atoms with Crippen molar-refractivity contribution in [2.24, 2.45) is 11.7 Å². The zero-order chi connectivity index (χ0) is 25.4. The summed E-state index contributed by atoms with van der Waals surface area (Å²) in [4.78, 5) is 11.0. The highest BCUT2D eigenvalue weighted by molar-refractivity contribution is 5.74. The van der Waals surface area contributed by atoms with Crippen LogP contribution in [0.2, 0.25) is 0 Å². The summed E-state index contributed by atoms with van der Waals surface area (Å²) >= 11 is 0. The molecule has 0 aliphatic carbocycles. The Balaban J connectivity index is 1.49. The van der Waals surface area contributed by atoms with E-state index in [-0.39, 0.29) is 29.2 Å². The van der Waals surface area contributed by atoms with Crippen LogP contribution in [-0.2, 0) is 0 Å². The number of nitrogens with two attached hydrogens (primary N) is 1. The first kappa shape index (κ1) is 23.9. The molecule has 0 radical (unpaired) electrons. The predicted octanol–water partition coefficient (Wildman–Crippen LogP) is 4.77. The first-order valence-electron chi connectivity index (χ1n) is 12.0. The third-order valence-electron chi connectivity index (χ3n) is 6.10. The second-order valence-electron chi connectivity index (χ2n) is 9.59. The number of pyridine rings is 1. The molecule has 1 aliphatic heterocycles. The largest absolute Gasteiger partial charge is 0.491 e. The van der Waals surface area contributed by atoms with Crippen molar-refractivity contribution in [2.45, 2.75) is 39.3 Å². The normalized spacial score (nSPS) is 18.1. The highest BCUT2D eigenvalue weighted by Gasteiger charge is 2.24. The van der Waals surface area contributed by atoms with E-state index in [1.165, 1.54) is 16.6 Å². The van der Waals surface area contributed by atoms with Crippen LogP contribution in [0.3, 0.4) is 0 Å². The topological polar surface area (TPSA) is 93.6 Å². The summed E-state index contributed by atoms with van der Waals surface area (Å²) < 4.78 is 36.8. The maximum Gasteiger partial charge on any atom is 0.229 e. The first-order valence-corrected chi connectivity index (χ1v) is 12.0. The van der Waals surface area contributed by atoms with E-state index in [0.29, 0.717) is 17.4 Å². The van der Waals surface area contributed by atoms with Crippen LogP contribution in [0.4, 0.5) is 26.1 Å². The van der Waals surface area contributed by atoms with Gasteiger partial charge in [0.05, 0.1) is 46.6 Å². The summed E-state index contributed by atoms with van der Waals surface area (Å²) in [7, 11) is 0. The zero-order valence-electron chi connectivity index (χ0n) is 20.4. The SMILES string of the molecule is CC1CC(N)CN(c2ccncc2Nc2ncc3ccc(-c4c(F)cc(OC(C)C)cc4F)nn23)C1. The number of benzene rings is 1. The second kappa shape index (κ2) is 9.69. The molecule has 2 unspecified atom stereocenters. The number of ether oxygens (including phenoxy) is 1. The quantitative estimate of drug-likeness (QED) is 0.399. The van der Waals surface area contributed by atoms with Crippen molar-refractivity contribution < 1.29 is 13.5 Å². The number of imidazole rings is 1. The summed E-state index contributed by atoms with van der Waals surface area (Å²) in [6, 6.07) is 7.65. The van der Waals surface area contributed by atoms with Gasteiger partial charge < -0.3 is 20.7 Å². The Bertz CT molecular complexity index is 1360. The van der Waals surface area contributed by atoms with Crippen LogP contribution in [0, 0.1) is 17.6 Å². The highest BCUT2D eigenvalue weighted by atomic mass is 19.1. The van der Waals surface area contributed by atoms with Crippen molar-refractivity contribution in [1.29, 1.82) is 0 Å². The van der Waals surface area contributed by atoms with Crippen molar-refractivity contribution in [2.75, 3.05) is 23.3 Å².